The number of hydrogen-bond acceptors (Lipinski definition) is 5. The van der Waals surface area contributed by atoms with Crippen molar-refractivity contribution in [1.82, 2.24) is 9.88 Å². The molecule has 1 amide bonds. The standard InChI is InChI=1S/C12H14F3N3O3/c13-12(14,15)21-9-1-2-10(16-7-9)17-3-5-18(6-4-17)11(20)8-19/h1-2,7,19H,3-6,8H2. The minimum absolute atomic E-state index is 0.337. The van der Waals surface area contributed by atoms with E-state index >= 15 is 0 Å². The Balaban J connectivity index is 1.93. The number of halogens is 3. The fourth-order valence-corrected chi connectivity index (χ4v) is 2.04. The molecule has 1 aliphatic rings. The highest BCUT2D eigenvalue weighted by Gasteiger charge is 2.31. The minimum Gasteiger partial charge on any atom is -0.404 e. The molecule has 21 heavy (non-hydrogen) atoms. The molecule has 2 heterocycles. The van der Waals surface area contributed by atoms with Crippen molar-refractivity contribution in [2.45, 2.75) is 6.36 Å². The largest absolute Gasteiger partial charge is 0.573 e. The molecule has 0 saturated carbocycles. The third kappa shape index (κ3) is 4.22. The summed E-state index contributed by atoms with van der Waals surface area (Å²) in [6.07, 6.45) is -3.73. The summed E-state index contributed by atoms with van der Waals surface area (Å²) in [5, 5.41) is 8.77. The Kier molecular flexibility index (Phi) is 4.51. The van der Waals surface area contributed by atoms with Crippen LogP contribution in [0.4, 0.5) is 19.0 Å². The van der Waals surface area contributed by atoms with Crippen LogP contribution in [0.5, 0.6) is 5.75 Å². The van der Waals surface area contributed by atoms with E-state index in [0.717, 1.165) is 6.20 Å². The molecule has 0 atom stereocenters. The molecule has 116 valence electrons. The lowest BCUT2D eigenvalue weighted by Crippen LogP contribution is -2.49. The lowest BCUT2D eigenvalue weighted by molar-refractivity contribution is -0.274. The van der Waals surface area contributed by atoms with Gasteiger partial charge in [0.1, 0.15) is 18.2 Å². The molecule has 1 fully saturated rings. The summed E-state index contributed by atoms with van der Waals surface area (Å²) in [6.45, 7) is 1.34. The Bertz CT molecular complexity index is 485. The predicted molar refractivity (Wildman–Crippen MR) is 66.8 cm³/mol. The van der Waals surface area contributed by atoms with E-state index in [0.29, 0.717) is 32.0 Å². The Morgan fingerprint density at radius 2 is 1.95 bits per heavy atom. The first-order valence-corrected chi connectivity index (χ1v) is 6.24. The average Bonchev–Trinajstić information content (AvgIpc) is 2.46. The van der Waals surface area contributed by atoms with Crippen LogP contribution in [0.3, 0.4) is 0 Å². The monoisotopic (exact) mass is 305 g/mol. The van der Waals surface area contributed by atoms with Gasteiger partial charge in [0.25, 0.3) is 0 Å². The summed E-state index contributed by atoms with van der Waals surface area (Å²) in [5.74, 6) is -0.197. The number of pyridine rings is 1. The Hall–Kier alpha value is -2.03. The van der Waals surface area contributed by atoms with E-state index in [1.807, 2.05) is 4.90 Å². The molecular weight excluding hydrogens is 291 g/mol. The number of amides is 1. The lowest BCUT2D eigenvalue weighted by atomic mass is 10.3. The number of rotatable bonds is 3. The van der Waals surface area contributed by atoms with Gasteiger partial charge in [-0.1, -0.05) is 0 Å². The Labute approximate surface area is 118 Å². The van der Waals surface area contributed by atoms with Crippen molar-refractivity contribution in [1.29, 1.82) is 0 Å². The van der Waals surface area contributed by atoms with Crippen molar-refractivity contribution >= 4 is 11.7 Å². The summed E-state index contributed by atoms with van der Waals surface area (Å²) >= 11 is 0. The molecule has 1 aliphatic heterocycles. The molecule has 1 aromatic heterocycles. The number of ether oxygens (including phenoxy) is 1. The summed E-state index contributed by atoms with van der Waals surface area (Å²) < 4.78 is 39.8. The van der Waals surface area contributed by atoms with Crippen molar-refractivity contribution < 1.29 is 27.8 Å². The van der Waals surface area contributed by atoms with E-state index in [-0.39, 0.29) is 11.7 Å². The first-order valence-electron chi connectivity index (χ1n) is 6.24. The van der Waals surface area contributed by atoms with Gasteiger partial charge in [-0.15, -0.1) is 13.2 Å². The number of aliphatic hydroxyl groups is 1. The third-order valence-electron chi connectivity index (χ3n) is 3.05. The van der Waals surface area contributed by atoms with Crippen molar-refractivity contribution in [3.8, 4) is 5.75 Å². The topological polar surface area (TPSA) is 65.9 Å². The van der Waals surface area contributed by atoms with Gasteiger partial charge >= 0.3 is 6.36 Å². The molecule has 2 rings (SSSR count). The number of carbonyl (C=O) groups is 1. The molecule has 1 aromatic rings. The van der Waals surface area contributed by atoms with Gasteiger partial charge in [-0.25, -0.2) is 4.98 Å². The van der Waals surface area contributed by atoms with Crippen LogP contribution in [0.1, 0.15) is 0 Å². The molecule has 0 aliphatic carbocycles. The van der Waals surface area contributed by atoms with Crippen molar-refractivity contribution in [3.05, 3.63) is 18.3 Å². The molecule has 0 unspecified atom stereocenters. The molecule has 1 N–H and O–H groups in total. The number of piperazine rings is 1. The van der Waals surface area contributed by atoms with Crippen LogP contribution in [0, 0.1) is 0 Å². The van der Waals surface area contributed by atoms with Crippen molar-refractivity contribution in [2.24, 2.45) is 0 Å². The molecule has 6 nitrogen and oxygen atoms in total. The van der Waals surface area contributed by atoms with Gasteiger partial charge in [-0.05, 0) is 12.1 Å². The summed E-state index contributed by atoms with van der Waals surface area (Å²) in [5.41, 5.74) is 0. The SMILES string of the molecule is O=C(CO)N1CCN(c2ccc(OC(F)(F)F)cn2)CC1. The smallest absolute Gasteiger partial charge is 0.404 e. The average molecular weight is 305 g/mol. The van der Waals surface area contributed by atoms with E-state index in [4.69, 9.17) is 5.11 Å². The molecule has 1 saturated heterocycles. The maximum absolute atomic E-state index is 12.0. The quantitative estimate of drug-likeness (QED) is 0.887. The second-order valence-electron chi connectivity index (χ2n) is 4.43. The number of aromatic nitrogens is 1. The number of carbonyl (C=O) groups excluding carboxylic acids is 1. The van der Waals surface area contributed by atoms with Gasteiger partial charge in [0.05, 0.1) is 6.20 Å². The van der Waals surface area contributed by atoms with Crippen LogP contribution in [0.15, 0.2) is 18.3 Å². The fourth-order valence-electron chi connectivity index (χ4n) is 2.04. The van der Waals surface area contributed by atoms with Crippen LogP contribution in [0.2, 0.25) is 0 Å². The van der Waals surface area contributed by atoms with Gasteiger partial charge in [0, 0.05) is 26.2 Å². The maximum atomic E-state index is 12.0. The number of hydrogen-bond donors (Lipinski definition) is 1. The highest BCUT2D eigenvalue weighted by molar-refractivity contribution is 5.77. The van der Waals surface area contributed by atoms with E-state index in [1.54, 1.807) is 0 Å². The van der Waals surface area contributed by atoms with Gasteiger partial charge in [-0.2, -0.15) is 0 Å². The lowest BCUT2D eigenvalue weighted by Gasteiger charge is -2.35. The number of alkyl halides is 3. The predicted octanol–water partition coefficient (Wildman–Crippen LogP) is 0.621. The van der Waals surface area contributed by atoms with Crippen LogP contribution >= 0.6 is 0 Å². The molecule has 0 bridgehead atoms. The zero-order chi connectivity index (χ0) is 15.5. The first kappa shape index (κ1) is 15.4. The zero-order valence-electron chi connectivity index (χ0n) is 11.0. The normalized spacial score (nSPS) is 16.0. The summed E-state index contributed by atoms with van der Waals surface area (Å²) in [6, 6.07) is 2.63. The Morgan fingerprint density at radius 1 is 1.29 bits per heavy atom. The zero-order valence-corrected chi connectivity index (χ0v) is 11.0. The van der Waals surface area contributed by atoms with Crippen molar-refractivity contribution in [3.63, 3.8) is 0 Å². The van der Waals surface area contributed by atoms with Gasteiger partial charge in [-0.3, -0.25) is 4.79 Å². The summed E-state index contributed by atoms with van der Waals surface area (Å²) in [4.78, 5) is 18.6. The molecular formula is C12H14F3N3O3. The maximum Gasteiger partial charge on any atom is 0.573 e. The van der Waals surface area contributed by atoms with Crippen molar-refractivity contribution in [2.75, 3.05) is 37.7 Å². The molecule has 0 aromatic carbocycles. The number of aliphatic hydroxyl groups excluding tert-OH is 1. The highest BCUT2D eigenvalue weighted by atomic mass is 19.4. The van der Waals surface area contributed by atoms with E-state index in [9.17, 15) is 18.0 Å². The highest BCUT2D eigenvalue weighted by Crippen LogP contribution is 2.23. The van der Waals surface area contributed by atoms with Gasteiger partial charge in [0.2, 0.25) is 5.91 Å². The Morgan fingerprint density at radius 3 is 2.43 bits per heavy atom. The van der Waals surface area contributed by atoms with E-state index < -0.39 is 13.0 Å². The van der Waals surface area contributed by atoms with Crippen LogP contribution in [0.25, 0.3) is 0 Å². The van der Waals surface area contributed by atoms with Crippen LogP contribution < -0.4 is 9.64 Å². The molecule has 9 heteroatoms. The second kappa shape index (κ2) is 6.17. The first-order chi connectivity index (χ1) is 9.89. The fraction of sp³-hybridized carbons (Fsp3) is 0.500. The summed E-state index contributed by atoms with van der Waals surface area (Å²) in [7, 11) is 0. The third-order valence-corrected chi connectivity index (χ3v) is 3.05. The van der Waals surface area contributed by atoms with E-state index in [2.05, 4.69) is 9.72 Å². The van der Waals surface area contributed by atoms with Crippen LogP contribution in [-0.4, -0.2) is 60.0 Å². The number of anilines is 1. The molecule has 0 radical (unpaired) electrons. The minimum atomic E-state index is -4.74. The van der Waals surface area contributed by atoms with Gasteiger partial charge in [0.15, 0.2) is 0 Å². The second-order valence-corrected chi connectivity index (χ2v) is 4.43. The molecule has 0 spiro atoms. The van der Waals surface area contributed by atoms with E-state index in [1.165, 1.54) is 17.0 Å². The number of nitrogens with zero attached hydrogens (tertiary/aromatic N) is 3. The van der Waals surface area contributed by atoms with Crippen LogP contribution in [-0.2, 0) is 4.79 Å². The van der Waals surface area contributed by atoms with Gasteiger partial charge < -0.3 is 19.6 Å².